The van der Waals surface area contributed by atoms with Crippen molar-refractivity contribution in [2.75, 3.05) is 0 Å². The van der Waals surface area contributed by atoms with Crippen LogP contribution in [0.1, 0.15) is 26.3 Å². The summed E-state index contributed by atoms with van der Waals surface area (Å²) < 4.78 is 0. The SMILES string of the molecule is CC(Cc1ccc(O)cc1)C1C(C)C1C. The van der Waals surface area contributed by atoms with E-state index in [1.807, 2.05) is 12.1 Å². The molecule has 0 saturated heterocycles. The molecule has 1 aliphatic carbocycles. The van der Waals surface area contributed by atoms with Gasteiger partial charge in [0, 0.05) is 0 Å². The summed E-state index contributed by atoms with van der Waals surface area (Å²) in [5.74, 6) is 3.83. The molecule has 1 saturated carbocycles. The van der Waals surface area contributed by atoms with Crippen LogP contribution in [-0.2, 0) is 6.42 Å². The van der Waals surface area contributed by atoms with Gasteiger partial charge in [-0.2, -0.15) is 0 Å². The molecule has 0 radical (unpaired) electrons. The summed E-state index contributed by atoms with van der Waals surface area (Å²) in [6.45, 7) is 7.04. The average molecular weight is 204 g/mol. The van der Waals surface area contributed by atoms with Gasteiger partial charge in [-0.15, -0.1) is 0 Å². The highest BCUT2D eigenvalue weighted by atomic mass is 16.3. The van der Waals surface area contributed by atoms with Crippen molar-refractivity contribution in [2.45, 2.75) is 27.2 Å². The summed E-state index contributed by atoms with van der Waals surface area (Å²) in [4.78, 5) is 0. The Labute approximate surface area is 92.1 Å². The molecule has 3 unspecified atom stereocenters. The summed E-state index contributed by atoms with van der Waals surface area (Å²) >= 11 is 0. The lowest BCUT2D eigenvalue weighted by atomic mass is 9.95. The predicted octanol–water partition coefficient (Wildman–Crippen LogP) is 3.47. The third-order valence-electron chi connectivity index (χ3n) is 4.05. The Morgan fingerprint density at radius 2 is 1.67 bits per heavy atom. The summed E-state index contributed by atoms with van der Waals surface area (Å²) in [6, 6.07) is 7.62. The predicted molar refractivity (Wildman–Crippen MR) is 62.8 cm³/mol. The Balaban J connectivity index is 1.94. The highest BCUT2D eigenvalue weighted by Gasteiger charge is 2.45. The second kappa shape index (κ2) is 3.88. The van der Waals surface area contributed by atoms with Gasteiger partial charge < -0.3 is 5.11 Å². The summed E-state index contributed by atoms with van der Waals surface area (Å²) in [5.41, 5.74) is 1.34. The van der Waals surface area contributed by atoms with Gasteiger partial charge in [-0.25, -0.2) is 0 Å². The summed E-state index contributed by atoms with van der Waals surface area (Å²) in [5, 5.41) is 9.20. The van der Waals surface area contributed by atoms with E-state index in [9.17, 15) is 5.11 Å². The molecule has 82 valence electrons. The molecule has 2 rings (SSSR count). The molecule has 0 heterocycles. The smallest absolute Gasteiger partial charge is 0.115 e. The quantitative estimate of drug-likeness (QED) is 0.799. The van der Waals surface area contributed by atoms with Gasteiger partial charge in [0.05, 0.1) is 0 Å². The summed E-state index contributed by atoms with van der Waals surface area (Å²) in [6.07, 6.45) is 1.14. The van der Waals surface area contributed by atoms with Gasteiger partial charge >= 0.3 is 0 Å². The Bertz CT molecular complexity index is 320. The number of hydrogen-bond donors (Lipinski definition) is 1. The van der Waals surface area contributed by atoms with Crippen LogP contribution in [0.4, 0.5) is 0 Å². The van der Waals surface area contributed by atoms with Crippen LogP contribution >= 0.6 is 0 Å². The van der Waals surface area contributed by atoms with E-state index in [1.54, 1.807) is 12.1 Å². The zero-order valence-electron chi connectivity index (χ0n) is 9.77. The van der Waals surface area contributed by atoms with E-state index < -0.39 is 0 Å². The van der Waals surface area contributed by atoms with Gasteiger partial charge in [0.25, 0.3) is 0 Å². The molecule has 15 heavy (non-hydrogen) atoms. The van der Waals surface area contributed by atoms with E-state index in [0.717, 1.165) is 30.1 Å². The van der Waals surface area contributed by atoms with Crippen molar-refractivity contribution in [1.29, 1.82) is 0 Å². The number of phenolic OH excluding ortho intramolecular Hbond substituents is 1. The largest absolute Gasteiger partial charge is 0.508 e. The second-order valence-electron chi connectivity index (χ2n) is 5.14. The molecule has 0 spiro atoms. The molecule has 0 bridgehead atoms. The molecule has 0 aromatic heterocycles. The lowest BCUT2D eigenvalue weighted by Crippen LogP contribution is -2.03. The first kappa shape index (κ1) is 10.5. The van der Waals surface area contributed by atoms with Crippen molar-refractivity contribution in [1.82, 2.24) is 0 Å². The van der Waals surface area contributed by atoms with Gasteiger partial charge in [0.1, 0.15) is 5.75 Å². The van der Waals surface area contributed by atoms with Crippen molar-refractivity contribution < 1.29 is 5.11 Å². The first-order valence-corrected chi connectivity index (χ1v) is 5.87. The summed E-state index contributed by atoms with van der Waals surface area (Å²) in [7, 11) is 0. The maximum atomic E-state index is 9.20. The molecule has 1 N–H and O–H groups in total. The van der Waals surface area contributed by atoms with Crippen molar-refractivity contribution in [2.24, 2.45) is 23.7 Å². The van der Waals surface area contributed by atoms with E-state index in [0.29, 0.717) is 5.75 Å². The van der Waals surface area contributed by atoms with Crippen molar-refractivity contribution in [3.63, 3.8) is 0 Å². The average Bonchev–Trinajstić information content (AvgIpc) is 2.79. The maximum Gasteiger partial charge on any atom is 0.115 e. The molecule has 0 aliphatic heterocycles. The Morgan fingerprint density at radius 3 is 2.13 bits per heavy atom. The minimum atomic E-state index is 0.361. The molecule has 1 heteroatoms. The molecule has 1 aromatic rings. The van der Waals surface area contributed by atoms with Crippen molar-refractivity contribution >= 4 is 0 Å². The van der Waals surface area contributed by atoms with Crippen LogP contribution in [-0.4, -0.2) is 5.11 Å². The third kappa shape index (κ3) is 2.17. The van der Waals surface area contributed by atoms with Crippen LogP contribution in [0.25, 0.3) is 0 Å². The number of rotatable bonds is 3. The Morgan fingerprint density at radius 1 is 1.13 bits per heavy atom. The fourth-order valence-corrected chi connectivity index (χ4v) is 2.88. The molecular formula is C14H20O. The number of phenols is 1. The fourth-order valence-electron chi connectivity index (χ4n) is 2.88. The van der Waals surface area contributed by atoms with Gasteiger partial charge in [-0.3, -0.25) is 0 Å². The van der Waals surface area contributed by atoms with Crippen LogP contribution < -0.4 is 0 Å². The zero-order chi connectivity index (χ0) is 11.0. The minimum absolute atomic E-state index is 0.361. The van der Waals surface area contributed by atoms with E-state index in [4.69, 9.17) is 0 Å². The van der Waals surface area contributed by atoms with Crippen LogP contribution in [0.15, 0.2) is 24.3 Å². The van der Waals surface area contributed by atoms with Gasteiger partial charge in [-0.1, -0.05) is 32.9 Å². The Hall–Kier alpha value is -0.980. The molecule has 1 aliphatic rings. The fraction of sp³-hybridized carbons (Fsp3) is 0.571. The van der Waals surface area contributed by atoms with E-state index in [-0.39, 0.29) is 0 Å². The first-order valence-electron chi connectivity index (χ1n) is 5.87. The van der Waals surface area contributed by atoms with Gasteiger partial charge in [-0.05, 0) is 47.8 Å². The lowest BCUT2D eigenvalue weighted by molar-refractivity contribution is 0.463. The second-order valence-corrected chi connectivity index (χ2v) is 5.14. The number of hydrogen-bond acceptors (Lipinski definition) is 1. The lowest BCUT2D eigenvalue weighted by Gasteiger charge is -2.11. The maximum absolute atomic E-state index is 9.20. The van der Waals surface area contributed by atoms with E-state index in [2.05, 4.69) is 20.8 Å². The van der Waals surface area contributed by atoms with E-state index in [1.165, 1.54) is 5.56 Å². The van der Waals surface area contributed by atoms with E-state index >= 15 is 0 Å². The van der Waals surface area contributed by atoms with Gasteiger partial charge in [0.2, 0.25) is 0 Å². The Kier molecular flexibility index (Phi) is 2.72. The van der Waals surface area contributed by atoms with Crippen LogP contribution in [0.3, 0.4) is 0 Å². The normalized spacial score (nSPS) is 31.3. The van der Waals surface area contributed by atoms with Crippen molar-refractivity contribution in [3.05, 3.63) is 29.8 Å². The molecule has 1 nitrogen and oxygen atoms in total. The van der Waals surface area contributed by atoms with Crippen LogP contribution in [0.5, 0.6) is 5.75 Å². The van der Waals surface area contributed by atoms with Crippen LogP contribution in [0, 0.1) is 23.7 Å². The molecular weight excluding hydrogens is 184 g/mol. The number of benzene rings is 1. The highest BCUT2D eigenvalue weighted by Crippen LogP contribution is 2.50. The standard InChI is InChI=1S/C14H20O/c1-9(14-10(2)11(14)3)8-12-4-6-13(15)7-5-12/h4-7,9-11,14-15H,8H2,1-3H3. The van der Waals surface area contributed by atoms with Crippen LogP contribution in [0.2, 0.25) is 0 Å². The molecule has 1 fully saturated rings. The molecule has 1 aromatic carbocycles. The third-order valence-corrected chi connectivity index (χ3v) is 4.05. The highest BCUT2D eigenvalue weighted by molar-refractivity contribution is 5.26. The minimum Gasteiger partial charge on any atom is -0.508 e. The molecule has 0 amide bonds. The van der Waals surface area contributed by atoms with Crippen molar-refractivity contribution in [3.8, 4) is 5.75 Å². The number of aromatic hydroxyl groups is 1. The monoisotopic (exact) mass is 204 g/mol. The first-order chi connectivity index (χ1) is 7.09. The molecule has 3 atom stereocenters. The topological polar surface area (TPSA) is 20.2 Å². The van der Waals surface area contributed by atoms with Gasteiger partial charge in [0.15, 0.2) is 0 Å². The zero-order valence-corrected chi connectivity index (χ0v) is 9.77.